The summed E-state index contributed by atoms with van der Waals surface area (Å²) < 4.78 is 29.5. The van der Waals surface area contributed by atoms with Gasteiger partial charge in [0.15, 0.2) is 0 Å². The molecule has 5 heteroatoms. The number of likely N-dealkylation sites (N-methyl/N-ethyl adjacent to an activating group) is 1. The van der Waals surface area contributed by atoms with Gasteiger partial charge in [-0.2, -0.15) is 5.26 Å². The van der Waals surface area contributed by atoms with Gasteiger partial charge in [0.25, 0.3) is 6.43 Å². The molecule has 0 radical (unpaired) electrons. The first kappa shape index (κ1) is 14.4. The molecule has 0 saturated heterocycles. The van der Waals surface area contributed by atoms with Gasteiger partial charge in [-0.05, 0) is 24.7 Å². The molecule has 3 nitrogen and oxygen atoms in total. The molecular formula is C13H16F2N2O. The van der Waals surface area contributed by atoms with Crippen LogP contribution < -0.4 is 4.74 Å². The Kier molecular flexibility index (Phi) is 6.09. The molecule has 0 aliphatic heterocycles. The third kappa shape index (κ3) is 5.60. The first-order chi connectivity index (χ1) is 8.61. The van der Waals surface area contributed by atoms with Crippen molar-refractivity contribution in [2.75, 3.05) is 26.7 Å². The summed E-state index contributed by atoms with van der Waals surface area (Å²) in [4.78, 5) is 1.52. The summed E-state index contributed by atoms with van der Waals surface area (Å²) in [6.45, 7) is 0.565. The number of nitriles is 1. The number of benzene rings is 1. The molecule has 1 aromatic rings. The smallest absolute Gasteiger partial charge is 0.251 e. The van der Waals surface area contributed by atoms with E-state index in [9.17, 15) is 8.78 Å². The maximum Gasteiger partial charge on any atom is 0.251 e. The van der Waals surface area contributed by atoms with E-state index in [2.05, 4.69) is 6.07 Å². The Morgan fingerprint density at radius 1 is 1.33 bits per heavy atom. The van der Waals surface area contributed by atoms with Gasteiger partial charge in [0, 0.05) is 6.54 Å². The molecule has 0 saturated carbocycles. The Morgan fingerprint density at radius 2 is 2.00 bits per heavy atom. The molecule has 1 aromatic carbocycles. The van der Waals surface area contributed by atoms with Gasteiger partial charge in [0.05, 0.1) is 19.0 Å². The topological polar surface area (TPSA) is 36.3 Å². The molecule has 0 bridgehead atoms. The van der Waals surface area contributed by atoms with Crippen LogP contribution >= 0.6 is 0 Å². The standard InChI is InChI=1S/C13H16F2N2O/c1-17(10-13(14)15)8-9-18-12-4-2-11(3-5-12)6-7-16/h2-5,13H,6,8-10H2,1H3. The fourth-order valence-corrected chi connectivity index (χ4v) is 1.44. The summed E-state index contributed by atoms with van der Waals surface area (Å²) in [5.41, 5.74) is 0.930. The van der Waals surface area contributed by atoms with Crippen LogP contribution in [0, 0.1) is 11.3 Å². The van der Waals surface area contributed by atoms with E-state index in [1.54, 1.807) is 19.2 Å². The van der Waals surface area contributed by atoms with Gasteiger partial charge in [-0.3, -0.25) is 4.90 Å². The second-order valence-corrected chi connectivity index (χ2v) is 3.98. The van der Waals surface area contributed by atoms with E-state index in [-0.39, 0.29) is 6.54 Å². The van der Waals surface area contributed by atoms with Crippen LogP contribution in [0.3, 0.4) is 0 Å². The second kappa shape index (κ2) is 7.62. The number of ether oxygens (including phenoxy) is 1. The average Bonchev–Trinajstić information content (AvgIpc) is 2.31. The molecule has 0 aliphatic rings. The predicted molar refractivity (Wildman–Crippen MR) is 64.8 cm³/mol. The van der Waals surface area contributed by atoms with Crippen molar-refractivity contribution >= 4 is 0 Å². The highest BCUT2D eigenvalue weighted by atomic mass is 19.3. The number of nitrogens with zero attached hydrogens (tertiary/aromatic N) is 2. The number of halogens is 2. The van der Waals surface area contributed by atoms with Crippen molar-refractivity contribution in [2.24, 2.45) is 0 Å². The van der Waals surface area contributed by atoms with Gasteiger partial charge < -0.3 is 4.74 Å². The Balaban J connectivity index is 2.29. The summed E-state index contributed by atoms with van der Waals surface area (Å²) >= 11 is 0. The lowest BCUT2D eigenvalue weighted by Crippen LogP contribution is -2.28. The third-order valence-electron chi connectivity index (χ3n) is 2.40. The van der Waals surface area contributed by atoms with Crippen LogP contribution in [0.5, 0.6) is 5.75 Å². The van der Waals surface area contributed by atoms with Gasteiger partial charge >= 0.3 is 0 Å². The van der Waals surface area contributed by atoms with E-state index < -0.39 is 6.43 Å². The van der Waals surface area contributed by atoms with E-state index in [4.69, 9.17) is 10.00 Å². The van der Waals surface area contributed by atoms with Crippen LogP contribution in [0.2, 0.25) is 0 Å². The molecule has 0 spiro atoms. The lowest BCUT2D eigenvalue weighted by molar-refractivity contribution is 0.0935. The van der Waals surface area contributed by atoms with Crippen LogP contribution in [-0.4, -0.2) is 38.1 Å². The largest absolute Gasteiger partial charge is 0.492 e. The number of hydrogen-bond acceptors (Lipinski definition) is 3. The zero-order valence-corrected chi connectivity index (χ0v) is 10.3. The minimum Gasteiger partial charge on any atom is -0.492 e. The number of hydrogen-bond donors (Lipinski definition) is 0. The maximum absolute atomic E-state index is 12.0. The molecule has 0 amide bonds. The van der Waals surface area contributed by atoms with Crippen molar-refractivity contribution in [1.29, 1.82) is 5.26 Å². The molecule has 0 aliphatic carbocycles. The number of alkyl halides is 2. The Morgan fingerprint density at radius 3 is 2.56 bits per heavy atom. The third-order valence-corrected chi connectivity index (χ3v) is 2.40. The van der Waals surface area contributed by atoms with Crippen molar-refractivity contribution in [2.45, 2.75) is 12.8 Å². The molecule has 0 fully saturated rings. The minimum atomic E-state index is -2.32. The maximum atomic E-state index is 12.0. The van der Waals surface area contributed by atoms with Crippen LogP contribution in [0.1, 0.15) is 5.56 Å². The van der Waals surface area contributed by atoms with Gasteiger partial charge in [-0.15, -0.1) is 0 Å². The van der Waals surface area contributed by atoms with Crippen LogP contribution in [-0.2, 0) is 6.42 Å². The lowest BCUT2D eigenvalue weighted by atomic mass is 10.2. The summed E-state index contributed by atoms with van der Waals surface area (Å²) in [5.74, 6) is 0.683. The fourth-order valence-electron chi connectivity index (χ4n) is 1.44. The van der Waals surface area contributed by atoms with E-state index in [0.29, 0.717) is 25.3 Å². The minimum absolute atomic E-state index is 0.246. The summed E-state index contributed by atoms with van der Waals surface area (Å²) in [6, 6.07) is 9.26. The molecule has 18 heavy (non-hydrogen) atoms. The molecule has 0 unspecified atom stereocenters. The average molecular weight is 254 g/mol. The zero-order chi connectivity index (χ0) is 13.4. The highest BCUT2D eigenvalue weighted by molar-refractivity contribution is 5.28. The van der Waals surface area contributed by atoms with E-state index >= 15 is 0 Å². The zero-order valence-electron chi connectivity index (χ0n) is 10.3. The molecule has 0 aromatic heterocycles. The fraction of sp³-hybridized carbons (Fsp3) is 0.462. The van der Waals surface area contributed by atoms with Crippen molar-refractivity contribution < 1.29 is 13.5 Å². The van der Waals surface area contributed by atoms with Crippen molar-refractivity contribution in [3.8, 4) is 11.8 Å². The lowest BCUT2D eigenvalue weighted by Gasteiger charge is -2.16. The highest BCUT2D eigenvalue weighted by Gasteiger charge is 2.07. The first-order valence-electron chi connectivity index (χ1n) is 5.67. The SMILES string of the molecule is CN(CCOc1ccc(CC#N)cc1)CC(F)F. The second-order valence-electron chi connectivity index (χ2n) is 3.98. The van der Waals surface area contributed by atoms with Gasteiger partial charge in [-0.1, -0.05) is 12.1 Å². The monoisotopic (exact) mass is 254 g/mol. The Labute approximate surface area is 106 Å². The van der Waals surface area contributed by atoms with E-state index in [1.165, 1.54) is 4.90 Å². The Bertz CT molecular complexity index is 387. The van der Waals surface area contributed by atoms with Gasteiger partial charge in [0.1, 0.15) is 12.4 Å². The van der Waals surface area contributed by atoms with Crippen LogP contribution in [0.4, 0.5) is 8.78 Å². The van der Waals surface area contributed by atoms with Crippen LogP contribution in [0.15, 0.2) is 24.3 Å². The Hall–Kier alpha value is -1.67. The predicted octanol–water partition coefficient (Wildman–Crippen LogP) is 2.33. The van der Waals surface area contributed by atoms with E-state index in [1.807, 2.05) is 12.1 Å². The van der Waals surface area contributed by atoms with Crippen molar-refractivity contribution in [1.82, 2.24) is 4.90 Å². The van der Waals surface area contributed by atoms with Crippen LogP contribution in [0.25, 0.3) is 0 Å². The summed E-state index contributed by atoms with van der Waals surface area (Å²) in [5, 5.41) is 8.52. The van der Waals surface area contributed by atoms with E-state index in [0.717, 1.165) is 5.56 Å². The molecule has 0 N–H and O–H groups in total. The quantitative estimate of drug-likeness (QED) is 0.749. The molecule has 0 atom stereocenters. The van der Waals surface area contributed by atoms with Gasteiger partial charge in [-0.25, -0.2) is 8.78 Å². The van der Waals surface area contributed by atoms with Crippen molar-refractivity contribution in [3.05, 3.63) is 29.8 Å². The summed E-state index contributed by atoms with van der Waals surface area (Å²) in [6.07, 6.45) is -1.95. The molecular weight excluding hydrogens is 238 g/mol. The summed E-state index contributed by atoms with van der Waals surface area (Å²) in [7, 11) is 1.63. The highest BCUT2D eigenvalue weighted by Crippen LogP contribution is 2.12. The molecule has 98 valence electrons. The molecule has 0 heterocycles. The van der Waals surface area contributed by atoms with Crippen molar-refractivity contribution in [3.63, 3.8) is 0 Å². The first-order valence-corrected chi connectivity index (χ1v) is 5.67. The number of rotatable bonds is 7. The molecule has 1 rings (SSSR count). The van der Waals surface area contributed by atoms with Gasteiger partial charge in [0.2, 0.25) is 0 Å². The normalized spacial score (nSPS) is 10.7.